The van der Waals surface area contributed by atoms with Crippen molar-refractivity contribution in [3.63, 3.8) is 0 Å². The van der Waals surface area contributed by atoms with Gasteiger partial charge in [0.05, 0.1) is 18.8 Å². The van der Waals surface area contributed by atoms with Crippen molar-refractivity contribution in [1.29, 1.82) is 0 Å². The van der Waals surface area contributed by atoms with Gasteiger partial charge in [-0.3, -0.25) is 10.2 Å². The van der Waals surface area contributed by atoms with Gasteiger partial charge in [-0.1, -0.05) is 0 Å². The molecule has 18 heavy (non-hydrogen) atoms. The maximum atomic E-state index is 11.9. The van der Waals surface area contributed by atoms with Crippen LogP contribution in [0.1, 0.15) is 20.7 Å². The van der Waals surface area contributed by atoms with E-state index in [0.29, 0.717) is 31.9 Å². The Bertz CT molecular complexity index is 438. The molecular formula is C12H14N2O4. The molecule has 1 amide bonds. The van der Waals surface area contributed by atoms with Crippen molar-refractivity contribution < 1.29 is 19.4 Å². The summed E-state index contributed by atoms with van der Waals surface area (Å²) < 4.78 is 5.17. The van der Waals surface area contributed by atoms with E-state index in [9.17, 15) is 9.59 Å². The number of carboxylic acids is 1. The van der Waals surface area contributed by atoms with E-state index < -0.39 is 5.97 Å². The van der Waals surface area contributed by atoms with Gasteiger partial charge in [-0.15, -0.1) is 0 Å². The van der Waals surface area contributed by atoms with E-state index in [0.717, 1.165) is 0 Å². The number of ether oxygens (including phenoxy) is 1. The molecule has 6 nitrogen and oxygen atoms in total. The lowest BCUT2D eigenvalue weighted by Crippen LogP contribution is -2.48. The SMILES string of the molecule is O=C(O)c1ccc(C(=O)NN2CCOCC2)cc1. The lowest BCUT2D eigenvalue weighted by molar-refractivity contribution is 0.0126. The van der Waals surface area contributed by atoms with Crippen LogP contribution in [0.3, 0.4) is 0 Å². The lowest BCUT2D eigenvalue weighted by Gasteiger charge is -2.26. The minimum absolute atomic E-state index is 0.165. The first-order chi connectivity index (χ1) is 8.66. The number of hydrogen-bond donors (Lipinski definition) is 2. The van der Waals surface area contributed by atoms with Gasteiger partial charge in [0.25, 0.3) is 5.91 Å². The van der Waals surface area contributed by atoms with Gasteiger partial charge in [-0.2, -0.15) is 0 Å². The number of hydrogen-bond acceptors (Lipinski definition) is 4. The Labute approximate surface area is 104 Å². The van der Waals surface area contributed by atoms with Gasteiger partial charge in [0, 0.05) is 18.7 Å². The van der Waals surface area contributed by atoms with Crippen LogP contribution in [0, 0.1) is 0 Å². The lowest BCUT2D eigenvalue weighted by atomic mass is 10.1. The molecule has 1 aromatic carbocycles. The highest BCUT2D eigenvalue weighted by atomic mass is 16.5. The minimum atomic E-state index is -1.00. The molecule has 0 unspecified atom stereocenters. The largest absolute Gasteiger partial charge is 0.478 e. The predicted molar refractivity (Wildman–Crippen MR) is 63.3 cm³/mol. The van der Waals surface area contributed by atoms with Gasteiger partial charge >= 0.3 is 5.97 Å². The molecule has 1 aliphatic heterocycles. The van der Waals surface area contributed by atoms with Crippen LogP contribution in [0.2, 0.25) is 0 Å². The zero-order valence-corrected chi connectivity index (χ0v) is 9.76. The number of carbonyl (C=O) groups excluding carboxylic acids is 1. The maximum absolute atomic E-state index is 11.9. The molecule has 1 aromatic rings. The molecule has 0 atom stereocenters. The smallest absolute Gasteiger partial charge is 0.335 e. The average Bonchev–Trinajstić information content (AvgIpc) is 2.40. The number of carboxylic acid groups (broad SMARTS) is 1. The number of morpholine rings is 1. The fraction of sp³-hybridized carbons (Fsp3) is 0.333. The van der Waals surface area contributed by atoms with Gasteiger partial charge in [0.2, 0.25) is 0 Å². The predicted octanol–water partition coefficient (Wildman–Crippen LogP) is 0.362. The Morgan fingerprint density at radius 3 is 2.22 bits per heavy atom. The number of carbonyl (C=O) groups is 2. The summed E-state index contributed by atoms with van der Waals surface area (Å²) in [4.78, 5) is 22.5. The molecule has 1 heterocycles. The number of amides is 1. The van der Waals surface area contributed by atoms with E-state index in [2.05, 4.69) is 5.43 Å². The maximum Gasteiger partial charge on any atom is 0.335 e. The van der Waals surface area contributed by atoms with Crippen LogP contribution in [0.5, 0.6) is 0 Å². The Morgan fingerprint density at radius 2 is 1.67 bits per heavy atom. The Balaban J connectivity index is 1.97. The van der Waals surface area contributed by atoms with Crippen molar-refractivity contribution in [2.45, 2.75) is 0 Å². The first-order valence-corrected chi connectivity index (χ1v) is 5.64. The molecule has 1 saturated heterocycles. The number of nitrogens with one attached hydrogen (secondary N) is 1. The summed E-state index contributed by atoms with van der Waals surface area (Å²) in [5.41, 5.74) is 3.35. The molecule has 0 radical (unpaired) electrons. The summed E-state index contributed by atoms with van der Waals surface area (Å²) in [6.45, 7) is 2.49. The minimum Gasteiger partial charge on any atom is -0.478 e. The second kappa shape index (κ2) is 5.61. The van der Waals surface area contributed by atoms with Gasteiger partial charge < -0.3 is 9.84 Å². The van der Waals surface area contributed by atoms with Crippen molar-refractivity contribution in [3.05, 3.63) is 35.4 Å². The van der Waals surface area contributed by atoms with E-state index in [-0.39, 0.29) is 11.5 Å². The highest BCUT2D eigenvalue weighted by molar-refractivity contribution is 5.95. The first-order valence-electron chi connectivity index (χ1n) is 5.64. The monoisotopic (exact) mass is 250 g/mol. The Kier molecular flexibility index (Phi) is 3.91. The average molecular weight is 250 g/mol. The number of nitrogens with zero attached hydrogens (tertiary/aromatic N) is 1. The molecule has 0 aliphatic carbocycles. The summed E-state index contributed by atoms with van der Waals surface area (Å²) in [5.74, 6) is -1.25. The number of rotatable bonds is 3. The van der Waals surface area contributed by atoms with Crippen LogP contribution in [-0.2, 0) is 4.74 Å². The van der Waals surface area contributed by atoms with Gasteiger partial charge in [0.15, 0.2) is 0 Å². The third kappa shape index (κ3) is 3.06. The van der Waals surface area contributed by atoms with Crippen LogP contribution in [0.4, 0.5) is 0 Å². The second-order valence-corrected chi connectivity index (χ2v) is 3.92. The summed E-state index contributed by atoms with van der Waals surface area (Å²) in [5, 5.41) is 10.5. The third-order valence-corrected chi connectivity index (χ3v) is 2.66. The summed E-state index contributed by atoms with van der Waals surface area (Å²) in [6.07, 6.45) is 0. The summed E-state index contributed by atoms with van der Waals surface area (Å²) >= 11 is 0. The Morgan fingerprint density at radius 1 is 1.11 bits per heavy atom. The molecule has 1 fully saturated rings. The zero-order chi connectivity index (χ0) is 13.0. The van der Waals surface area contributed by atoms with Gasteiger partial charge in [-0.05, 0) is 24.3 Å². The van der Waals surface area contributed by atoms with Crippen LogP contribution in [0.15, 0.2) is 24.3 Å². The van der Waals surface area contributed by atoms with Crippen molar-refractivity contribution in [3.8, 4) is 0 Å². The van der Waals surface area contributed by atoms with E-state index >= 15 is 0 Å². The van der Waals surface area contributed by atoms with Gasteiger partial charge in [-0.25, -0.2) is 9.80 Å². The molecule has 2 N–H and O–H groups in total. The Hall–Kier alpha value is -1.92. The van der Waals surface area contributed by atoms with Crippen molar-refractivity contribution in [2.24, 2.45) is 0 Å². The molecule has 0 saturated carbocycles. The van der Waals surface area contributed by atoms with E-state index in [1.807, 2.05) is 0 Å². The summed E-state index contributed by atoms with van der Waals surface area (Å²) in [7, 11) is 0. The van der Waals surface area contributed by atoms with E-state index in [1.54, 1.807) is 5.01 Å². The molecule has 2 rings (SSSR count). The number of aromatic carboxylic acids is 1. The zero-order valence-electron chi connectivity index (χ0n) is 9.76. The molecule has 0 aromatic heterocycles. The highest BCUT2D eigenvalue weighted by Crippen LogP contribution is 2.05. The van der Waals surface area contributed by atoms with Gasteiger partial charge in [0.1, 0.15) is 0 Å². The fourth-order valence-corrected chi connectivity index (χ4v) is 1.65. The number of hydrazine groups is 1. The second-order valence-electron chi connectivity index (χ2n) is 3.92. The molecule has 6 heteroatoms. The van der Waals surface area contributed by atoms with Crippen molar-refractivity contribution in [1.82, 2.24) is 10.4 Å². The van der Waals surface area contributed by atoms with Crippen LogP contribution < -0.4 is 5.43 Å². The van der Waals surface area contributed by atoms with Crippen LogP contribution in [0.25, 0.3) is 0 Å². The fourth-order valence-electron chi connectivity index (χ4n) is 1.65. The van der Waals surface area contributed by atoms with Crippen LogP contribution in [-0.4, -0.2) is 48.3 Å². The molecule has 96 valence electrons. The highest BCUT2D eigenvalue weighted by Gasteiger charge is 2.14. The molecule has 0 bridgehead atoms. The third-order valence-electron chi connectivity index (χ3n) is 2.66. The standard InChI is InChI=1S/C12H14N2O4/c15-11(13-14-5-7-18-8-6-14)9-1-3-10(4-2-9)12(16)17/h1-4H,5-8H2,(H,13,15)(H,16,17). The first kappa shape index (κ1) is 12.5. The molecular weight excluding hydrogens is 236 g/mol. The molecule has 1 aliphatic rings. The van der Waals surface area contributed by atoms with Crippen molar-refractivity contribution >= 4 is 11.9 Å². The normalized spacial score (nSPS) is 16.2. The number of benzene rings is 1. The summed E-state index contributed by atoms with van der Waals surface area (Å²) in [6, 6.07) is 5.82. The van der Waals surface area contributed by atoms with Crippen LogP contribution >= 0.6 is 0 Å². The van der Waals surface area contributed by atoms with E-state index in [1.165, 1.54) is 24.3 Å². The van der Waals surface area contributed by atoms with E-state index in [4.69, 9.17) is 9.84 Å². The molecule has 0 spiro atoms. The quantitative estimate of drug-likeness (QED) is 0.810. The van der Waals surface area contributed by atoms with Crippen molar-refractivity contribution in [2.75, 3.05) is 26.3 Å². The topological polar surface area (TPSA) is 78.9 Å².